The quantitative estimate of drug-likeness (QED) is 0.759. The molecule has 0 bridgehead atoms. The predicted molar refractivity (Wildman–Crippen MR) is 48.1 cm³/mol. The molecule has 0 saturated heterocycles. The van der Waals surface area contributed by atoms with Gasteiger partial charge in [0.2, 0.25) is 0 Å². The van der Waals surface area contributed by atoms with Crippen molar-refractivity contribution in [2.24, 2.45) is 0 Å². The lowest BCUT2D eigenvalue weighted by atomic mass is 10.1. The number of aromatic carboxylic acids is 1. The summed E-state index contributed by atoms with van der Waals surface area (Å²) >= 11 is 0. The highest BCUT2D eigenvalue weighted by Gasteiger charge is 2.06. The lowest BCUT2D eigenvalue weighted by Gasteiger charge is -2.01. The van der Waals surface area contributed by atoms with E-state index in [-0.39, 0.29) is 5.56 Å². The Morgan fingerprint density at radius 1 is 1.38 bits per heavy atom. The number of carbonyl (C=O) groups is 1. The monoisotopic (exact) mass is 180 g/mol. The molecule has 0 atom stereocenters. The zero-order chi connectivity index (χ0) is 10.0. The first-order valence-corrected chi connectivity index (χ1v) is 3.70. The first-order chi connectivity index (χ1) is 6.00. The minimum Gasteiger partial charge on any atom is -0.478 e. The van der Waals surface area contributed by atoms with Crippen LogP contribution in [0.4, 0.5) is 4.39 Å². The van der Waals surface area contributed by atoms with Gasteiger partial charge in [-0.15, -0.1) is 0 Å². The van der Waals surface area contributed by atoms with E-state index >= 15 is 0 Å². The molecular formula is C10H9FO2. The summed E-state index contributed by atoms with van der Waals surface area (Å²) in [5.41, 5.74) is 1.09. The molecule has 0 spiro atoms. The number of rotatable bonds is 2. The second-order valence-electron chi connectivity index (χ2n) is 2.81. The normalized spacial score (nSPS) is 9.69. The highest BCUT2D eigenvalue weighted by Crippen LogP contribution is 2.15. The van der Waals surface area contributed by atoms with Crippen LogP contribution in [0.15, 0.2) is 24.8 Å². The fourth-order valence-corrected chi connectivity index (χ4v) is 0.960. The molecular weight excluding hydrogens is 171 g/mol. The predicted octanol–water partition coefficient (Wildman–Crippen LogP) is 2.56. The number of carboxylic acid groups (broad SMARTS) is 1. The van der Waals surface area contributed by atoms with E-state index in [2.05, 4.69) is 6.58 Å². The van der Waals surface area contributed by atoms with Crippen molar-refractivity contribution in [1.29, 1.82) is 0 Å². The van der Waals surface area contributed by atoms with Crippen molar-refractivity contribution in [3.8, 4) is 0 Å². The van der Waals surface area contributed by atoms with Gasteiger partial charge in [-0.3, -0.25) is 0 Å². The van der Waals surface area contributed by atoms with Gasteiger partial charge in [0.05, 0.1) is 5.56 Å². The van der Waals surface area contributed by atoms with Gasteiger partial charge in [0.25, 0.3) is 0 Å². The van der Waals surface area contributed by atoms with Crippen LogP contribution in [0.25, 0.3) is 5.57 Å². The molecule has 0 radical (unpaired) electrons. The van der Waals surface area contributed by atoms with Crippen molar-refractivity contribution in [1.82, 2.24) is 0 Å². The summed E-state index contributed by atoms with van der Waals surface area (Å²) in [6.07, 6.45) is 0. The summed E-state index contributed by atoms with van der Waals surface area (Å²) in [4.78, 5) is 10.5. The first kappa shape index (κ1) is 9.45. The minimum absolute atomic E-state index is 0.0574. The van der Waals surface area contributed by atoms with Crippen LogP contribution < -0.4 is 0 Å². The molecule has 0 heterocycles. The van der Waals surface area contributed by atoms with E-state index < -0.39 is 11.8 Å². The van der Waals surface area contributed by atoms with Gasteiger partial charge in [-0.05, 0) is 30.7 Å². The van der Waals surface area contributed by atoms with E-state index in [1.165, 1.54) is 12.1 Å². The summed E-state index contributed by atoms with van der Waals surface area (Å²) in [5.74, 6) is -1.69. The third-order valence-electron chi connectivity index (χ3n) is 1.64. The summed E-state index contributed by atoms with van der Waals surface area (Å²) in [6.45, 7) is 5.30. The van der Waals surface area contributed by atoms with Gasteiger partial charge in [0, 0.05) is 0 Å². The lowest BCUT2D eigenvalue weighted by Crippen LogP contribution is -1.98. The number of hydrogen-bond acceptors (Lipinski definition) is 1. The van der Waals surface area contributed by atoms with Gasteiger partial charge >= 0.3 is 5.97 Å². The van der Waals surface area contributed by atoms with Gasteiger partial charge in [-0.2, -0.15) is 0 Å². The Labute approximate surface area is 75.3 Å². The molecule has 0 aliphatic rings. The lowest BCUT2D eigenvalue weighted by molar-refractivity contribution is 0.0696. The molecule has 2 nitrogen and oxygen atoms in total. The Bertz CT molecular complexity index is 337. The van der Waals surface area contributed by atoms with Crippen molar-refractivity contribution in [2.75, 3.05) is 0 Å². The Morgan fingerprint density at radius 2 is 1.92 bits per heavy atom. The molecule has 0 unspecified atom stereocenters. The van der Waals surface area contributed by atoms with Crippen molar-refractivity contribution < 1.29 is 14.3 Å². The van der Waals surface area contributed by atoms with Crippen molar-refractivity contribution in [2.45, 2.75) is 6.92 Å². The van der Waals surface area contributed by atoms with E-state index in [1.807, 2.05) is 0 Å². The molecule has 0 fully saturated rings. The summed E-state index contributed by atoms with van der Waals surface area (Å²) in [5, 5.41) is 8.62. The van der Waals surface area contributed by atoms with Crippen molar-refractivity contribution in [3.63, 3.8) is 0 Å². The largest absolute Gasteiger partial charge is 0.478 e. The van der Waals surface area contributed by atoms with Gasteiger partial charge < -0.3 is 5.11 Å². The topological polar surface area (TPSA) is 37.3 Å². The van der Waals surface area contributed by atoms with E-state index in [9.17, 15) is 9.18 Å². The summed E-state index contributed by atoms with van der Waals surface area (Å²) in [7, 11) is 0. The maximum absolute atomic E-state index is 12.8. The molecule has 3 heteroatoms. The molecule has 1 aromatic carbocycles. The molecule has 1 aromatic rings. The Morgan fingerprint density at radius 3 is 2.38 bits per heavy atom. The average Bonchev–Trinajstić information content (AvgIpc) is 2.03. The van der Waals surface area contributed by atoms with Crippen LogP contribution in [-0.4, -0.2) is 11.1 Å². The van der Waals surface area contributed by atoms with Crippen LogP contribution in [0.2, 0.25) is 0 Å². The minimum atomic E-state index is -1.14. The molecule has 0 saturated carbocycles. The molecule has 0 aromatic heterocycles. The maximum atomic E-state index is 12.8. The van der Waals surface area contributed by atoms with Crippen LogP contribution in [0.3, 0.4) is 0 Å². The standard InChI is InChI=1S/C10H9FO2/c1-6(2)7-3-8(10(12)13)5-9(11)4-7/h3-5H,1H2,2H3,(H,12,13). The number of allylic oxidation sites excluding steroid dienone is 1. The number of benzene rings is 1. The summed E-state index contributed by atoms with van der Waals surface area (Å²) in [6, 6.07) is 3.64. The number of carboxylic acids is 1. The zero-order valence-electron chi connectivity index (χ0n) is 7.17. The molecule has 1 N–H and O–H groups in total. The SMILES string of the molecule is C=C(C)c1cc(F)cc(C(=O)O)c1. The average molecular weight is 180 g/mol. The Balaban J connectivity index is 3.26. The van der Waals surface area contributed by atoms with Gasteiger partial charge in [0.1, 0.15) is 5.82 Å². The molecule has 0 aliphatic carbocycles. The second kappa shape index (κ2) is 3.39. The van der Waals surface area contributed by atoms with Crippen molar-refractivity contribution >= 4 is 11.5 Å². The van der Waals surface area contributed by atoms with E-state index in [0.717, 1.165) is 6.07 Å². The van der Waals surface area contributed by atoms with Gasteiger partial charge in [0.15, 0.2) is 0 Å². The first-order valence-electron chi connectivity index (χ1n) is 3.70. The molecule has 0 amide bonds. The third-order valence-corrected chi connectivity index (χ3v) is 1.64. The van der Waals surface area contributed by atoms with Crippen LogP contribution in [0.5, 0.6) is 0 Å². The summed E-state index contributed by atoms with van der Waals surface area (Å²) < 4.78 is 12.8. The Kier molecular flexibility index (Phi) is 2.46. The van der Waals surface area contributed by atoms with Crippen LogP contribution >= 0.6 is 0 Å². The smallest absolute Gasteiger partial charge is 0.335 e. The number of hydrogen-bond donors (Lipinski definition) is 1. The van der Waals surface area contributed by atoms with Gasteiger partial charge in [-0.1, -0.05) is 12.2 Å². The van der Waals surface area contributed by atoms with Crippen molar-refractivity contribution in [3.05, 3.63) is 41.7 Å². The van der Waals surface area contributed by atoms with Crippen LogP contribution in [0, 0.1) is 5.82 Å². The zero-order valence-corrected chi connectivity index (χ0v) is 7.17. The van der Waals surface area contributed by atoms with E-state index in [0.29, 0.717) is 11.1 Å². The fourth-order valence-electron chi connectivity index (χ4n) is 0.960. The number of halogens is 1. The highest BCUT2D eigenvalue weighted by atomic mass is 19.1. The van der Waals surface area contributed by atoms with E-state index in [4.69, 9.17) is 5.11 Å². The van der Waals surface area contributed by atoms with E-state index in [1.54, 1.807) is 6.92 Å². The molecule has 1 rings (SSSR count). The highest BCUT2D eigenvalue weighted by molar-refractivity contribution is 5.88. The van der Waals surface area contributed by atoms with Gasteiger partial charge in [-0.25, -0.2) is 9.18 Å². The molecule has 0 aliphatic heterocycles. The Hall–Kier alpha value is -1.64. The fraction of sp³-hybridized carbons (Fsp3) is 0.100. The molecule has 68 valence electrons. The van der Waals surface area contributed by atoms with Crippen LogP contribution in [-0.2, 0) is 0 Å². The van der Waals surface area contributed by atoms with Crippen LogP contribution in [0.1, 0.15) is 22.8 Å². The molecule has 13 heavy (non-hydrogen) atoms. The maximum Gasteiger partial charge on any atom is 0.335 e. The third kappa shape index (κ3) is 2.15. The second-order valence-corrected chi connectivity index (χ2v) is 2.81.